The van der Waals surface area contributed by atoms with E-state index in [0.29, 0.717) is 11.7 Å². The van der Waals surface area contributed by atoms with Gasteiger partial charge in [0, 0.05) is 5.56 Å². The Labute approximate surface area is 130 Å². The number of hydrogen-bond acceptors (Lipinski definition) is 4. The lowest BCUT2D eigenvalue weighted by Gasteiger charge is -2.06. The van der Waals surface area contributed by atoms with Gasteiger partial charge in [-0.3, -0.25) is 0 Å². The molecule has 0 aliphatic heterocycles. The number of hydrogen-bond donors (Lipinski definition) is 0. The first-order chi connectivity index (χ1) is 10.2. The summed E-state index contributed by atoms with van der Waals surface area (Å²) >= 11 is 3.47. The molecule has 4 nitrogen and oxygen atoms in total. The van der Waals surface area contributed by atoms with E-state index in [0.717, 1.165) is 15.8 Å². The van der Waals surface area contributed by atoms with Crippen LogP contribution in [0.25, 0.3) is 11.4 Å². The van der Waals surface area contributed by atoms with Crippen LogP contribution in [0, 0.1) is 6.92 Å². The van der Waals surface area contributed by atoms with Gasteiger partial charge in [0.05, 0.1) is 4.47 Å². The van der Waals surface area contributed by atoms with E-state index >= 15 is 0 Å². The minimum Gasteiger partial charge on any atom is -0.483 e. The molecule has 3 rings (SSSR count). The standard InChI is InChI=1S/C16H13BrN2O2/c1-11-7-8-14(13(17)9-11)20-10-15-18-16(19-21-15)12-5-3-2-4-6-12/h2-9H,10H2,1H3. The van der Waals surface area contributed by atoms with E-state index in [1.807, 2.05) is 55.5 Å². The highest BCUT2D eigenvalue weighted by molar-refractivity contribution is 9.10. The van der Waals surface area contributed by atoms with Gasteiger partial charge in [0.1, 0.15) is 5.75 Å². The van der Waals surface area contributed by atoms with Crippen molar-refractivity contribution in [3.63, 3.8) is 0 Å². The Balaban J connectivity index is 1.70. The Hall–Kier alpha value is -2.14. The van der Waals surface area contributed by atoms with Gasteiger partial charge in [-0.2, -0.15) is 4.98 Å². The third kappa shape index (κ3) is 3.31. The Morgan fingerprint density at radius 1 is 1.14 bits per heavy atom. The highest BCUT2D eigenvalue weighted by Crippen LogP contribution is 2.26. The second-order valence-corrected chi connectivity index (χ2v) is 5.45. The quantitative estimate of drug-likeness (QED) is 0.704. The molecule has 0 aliphatic rings. The summed E-state index contributed by atoms with van der Waals surface area (Å²) in [6, 6.07) is 15.6. The summed E-state index contributed by atoms with van der Waals surface area (Å²) in [7, 11) is 0. The van der Waals surface area contributed by atoms with Crippen molar-refractivity contribution in [1.29, 1.82) is 0 Å². The number of nitrogens with zero attached hydrogens (tertiary/aromatic N) is 2. The zero-order chi connectivity index (χ0) is 14.7. The van der Waals surface area contributed by atoms with E-state index in [4.69, 9.17) is 9.26 Å². The molecule has 0 N–H and O–H groups in total. The van der Waals surface area contributed by atoms with Crippen molar-refractivity contribution in [1.82, 2.24) is 10.1 Å². The molecule has 3 aromatic rings. The summed E-state index contributed by atoms with van der Waals surface area (Å²) in [6.45, 7) is 2.26. The van der Waals surface area contributed by atoms with Crippen molar-refractivity contribution in [3.8, 4) is 17.1 Å². The van der Waals surface area contributed by atoms with Gasteiger partial charge in [-0.15, -0.1) is 0 Å². The maximum absolute atomic E-state index is 5.68. The van der Waals surface area contributed by atoms with Gasteiger partial charge in [-0.1, -0.05) is 41.6 Å². The van der Waals surface area contributed by atoms with E-state index in [1.54, 1.807) is 0 Å². The van der Waals surface area contributed by atoms with Gasteiger partial charge in [-0.05, 0) is 40.5 Å². The van der Waals surface area contributed by atoms with Gasteiger partial charge in [0.2, 0.25) is 5.82 Å². The van der Waals surface area contributed by atoms with Crippen LogP contribution in [-0.2, 0) is 6.61 Å². The highest BCUT2D eigenvalue weighted by Gasteiger charge is 2.09. The van der Waals surface area contributed by atoms with E-state index < -0.39 is 0 Å². The summed E-state index contributed by atoms with van der Waals surface area (Å²) in [6.07, 6.45) is 0. The smallest absolute Gasteiger partial charge is 0.264 e. The van der Waals surface area contributed by atoms with Crippen LogP contribution in [0.2, 0.25) is 0 Å². The Morgan fingerprint density at radius 3 is 2.71 bits per heavy atom. The van der Waals surface area contributed by atoms with Crippen LogP contribution in [0.5, 0.6) is 5.75 Å². The van der Waals surface area contributed by atoms with Gasteiger partial charge in [0.25, 0.3) is 5.89 Å². The molecule has 1 heterocycles. The molecule has 0 fully saturated rings. The molecular formula is C16H13BrN2O2. The largest absolute Gasteiger partial charge is 0.483 e. The summed E-state index contributed by atoms with van der Waals surface area (Å²) in [5.41, 5.74) is 2.09. The van der Waals surface area contributed by atoms with Crippen molar-refractivity contribution in [2.24, 2.45) is 0 Å². The molecule has 1 aromatic heterocycles. The molecule has 5 heteroatoms. The molecule has 0 aliphatic carbocycles. The molecule has 0 amide bonds. The van der Waals surface area contributed by atoms with Crippen molar-refractivity contribution in [2.75, 3.05) is 0 Å². The van der Waals surface area contributed by atoms with Crippen LogP contribution in [-0.4, -0.2) is 10.1 Å². The summed E-state index contributed by atoms with van der Waals surface area (Å²) in [5, 5.41) is 3.96. The van der Waals surface area contributed by atoms with Gasteiger partial charge >= 0.3 is 0 Å². The second-order valence-electron chi connectivity index (χ2n) is 4.60. The fourth-order valence-electron chi connectivity index (χ4n) is 1.88. The van der Waals surface area contributed by atoms with E-state index in [2.05, 4.69) is 26.1 Å². The summed E-state index contributed by atoms with van der Waals surface area (Å²) < 4.78 is 11.8. The van der Waals surface area contributed by atoms with Crippen LogP contribution in [0.3, 0.4) is 0 Å². The number of ether oxygens (including phenoxy) is 1. The van der Waals surface area contributed by atoms with Gasteiger partial charge in [0.15, 0.2) is 6.61 Å². The van der Waals surface area contributed by atoms with Crippen molar-refractivity contribution in [2.45, 2.75) is 13.5 Å². The third-order valence-electron chi connectivity index (χ3n) is 2.94. The van der Waals surface area contributed by atoms with Crippen LogP contribution in [0.1, 0.15) is 11.5 Å². The van der Waals surface area contributed by atoms with Crippen LogP contribution in [0.4, 0.5) is 0 Å². The Kier molecular flexibility index (Phi) is 4.01. The summed E-state index contributed by atoms with van der Waals surface area (Å²) in [4.78, 5) is 4.32. The molecule has 0 radical (unpaired) electrons. The minimum absolute atomic E-state index is 0.238. The molecule has 0 unspecified atom stereocenters. The number of aromatic nitrogens is 2. The zero-order valence-electron chi connectivity index (χ0n) is 11.4. The molecular weight excluding hydrogens is 332 g/mol. The predicted molar refractivity (Wildman–Crippen MR) is 82.9 cm³/mol. The first-order valence-electron chi connectivity index (χ1n) is 6.49. The monoisotopic (exact) mass is 344 g/mol. The Morgan fingerprint density at radius 2 is 1.95 bits per heavy atom. The lowest BCUT2D eigenvalue weighted by Crippen LogP contribution is -1.96. The maximum Gasteiger partial charge on any atom is 0.264 e. The van der Waals surface area contributed by atoms with E-state index in [9.17, 15) is 0 Å². The lowest BCUT2D eigenvalue weighted by molar-refractivity contribution is 0.242. The Bertz CT molecular complexity index is 741. The molecule has 0 saturated heterocycles. The van der Waals surface area contributed by atoms with Gasteiger partial charge < -0.3 is 9.26 Å². The van der Waals surface area contributed by atoms with Gasteiger partial charge in [-0.25, -0.2) is 0 Å². The fraction of sp³-hybridized carbons (Fsp3) is 0.125. The minimum atomic E-state index is 0.238. The van der Waals surface area contributed by atoms with Crippen molar-refractivity contribution in [3.05, 3.63) is 64.5 Å². The molecule has 0 spiro atoms. The number of rotatable bonds is 4. The molecule has 106 valence electrons. The topological polar surface area (TPSA) is 48.2 Å². The molecule has 21 heavy (non-hydrogen) atoms. The lowest BCUT2D eigenvalue weighted by atomic mass is 10.2. The fourth-order valence-corrected chi connectivity index (χ4v) is 2.49. The third-order valence-corrected chi connectivity index (χ3v) is 3.56. The average molecular weight is 345 g/mol. The highest BCUT2D eigenvalue weighted by atomic mass is 79.9. The SMILES string of the molecule is Cc1ccc(OCc2nc(-c3ccccc3)no2)c(Br)c1. The van der Waals surface area contributed by atoms with Crippen LogP contribution >= 0.6 is 15.9 Å². The van der Waals surface area contributed by atoms with Crippen molar-refractivity contribution >= 4 is 15.9 Å². The van der Waals surface area contributed by atoms with E-state index in [1.165, 1.54) is 5.56 Å². The number of halogens is 1. The number of benzene rings is 2. The van der Waals surface area contributed by atoms with Crippen LogP contribution in [0.15, 0.2) is 57.5 Å². The molecule has 0 saturated carbocycles. The second kappa shape index (κ2) is 6.10. The predicted octanol–water partition coefficient (Wildman–Crippen LogP) is 4.39. The molecule has 2 aromatic carbocycles. The average Bonchev–Trinajstić information content (AvgIpc) is 2.96. The maximum atomic E-state index is 5.68. The first kappa shape index (κ1) is 13.8. The number of aryl methyl sites for hydroxylation is 1. The van der Waals surface area contributed by atoms with Crippen molar-refractivity contribution < 1.29 is 9.26 Å². The van der Waals surface area contributed by atoms with E-state index in [-0.39, 0.29) is 6.61 Å². The molecule has 0 atom stereocenters. The normalized spacial score (nSPS) is 10.6. The van der Waals surface area contributed by atoms with Crippen LogP contribution < -0.4 is 4.74 Å². The summed E-state index contributed by atoms with van der Waals surface area (Å²) in [5.74, 6) is 1.76. The zero-order valence-corrected chi connectivity index (χ0v) is 13.0. The molecule has 0 bridgehead atoms. The first-order valence-corrected chi connectivity index (χ1v) is 7.28.